The van der Waals surface area contributed by atoms with E-state index in [0.717, 1.165) is 12.4 Å². The van der Waals surface area contributed by atoms with Crippen LogP contribution in [0.4, 0.5) is 0 Å². The molecule has 2 rings (SSSR count). The average Bonchev–Trinajstić information content (AvgIpc) is 2.21. The second-order valence-corrected chi connectivity index (χ2v) is 9.80. The molecule has 0 radical (unpaired) electrons. The van der Waals surface area contributed by atoms with Crippen LogP contribution in [-0.2, 0) is 4.43 Å². The minimum Gasteiger partial charge on any atom is -0.547 e. The summed E-state index contributed by atoms with van der Waals surface area (Å²) < 4.78 is 11.5. The molecular weight excluding hydrogens is 196 g/mol. The number of para-hydroxylation sites is 1. The maximum atomic E-state index is 5.93. The summed E-state index contributed by atoms with van der Waals surface area (Å²) >= 11 is 0. The van der Waals surface area contributed by atoms with Gasteiger partial charge in [0.1, 0.15) is 5.75 Å². The molecule has 1 fully saturated rings. The van der Waals surface area contributed by atoms with Gasteiger partial charge in [-0.05, 0) is 24.6 Å². The van der Waals surface area contributed by atoms with Crippen LogP contribution in [-0.4, -0.2) is 24.4 Å². The van der Waals surface area contributed by atoms with Crippen molar-refractivity contribution in [2.45, 2.75) is 12.5 Å². The molecule has 1 unspecified atom stereocenters. The van der Waals surface area contributed by atoms with Crippen molar-refractivity contribution in [2.75, 3.05) is 6.61 Å². The number of benzene rings is 1. The molecule has 1 aliphatic rings. The largest absolute Gasteiger partial charge is 0.547 e. The Morgan fingerprint density at radius 1 is 1.31 bits per heavy atom. The smallest absolute Gasteiger partial charge is 0.244 e. The highest BCUT2D eigenvalue weighted by atomic mass is 29.2. The second-order valence-electron chi connectivity index (χ2n) is 3.27. The first-order valence-electron chi connectivity index (χ1n) is 4.74. The molecular formula is C9H14O2Si2. The summed E-state index contributed by atoms with van der Waals surface area (Å²) in [6.45, 7) is 0.980. The third kappa shape index (κ3) is 2.68. The van der Waals surface area contributed by atoms with Crippen molar-refractivity contribution in [3.8, 4) is 5.75 Å². The van der Waals surface area contributed by atoms with Crippen LogP contribution in [0.25, 0.3) is 0 Å². The Morgan fingerprint density at radius 3 is 2.85 bits per heavy atom. The quantitative estimate of drug-likeness (QED) is 0.672. The van der Waals surface area contributed by atoms with Crippen LogP contribution in [0, 0.1) is 0 Å². The predicted molar refractivity (Wildman–Crippen MR) is 58.1 cm³/mol. The van der Waals surface area contributed by atoms with E-state index in [-0.39, 0.29) is 9.28 Å². The Bertz CT molecular complexity index is 247. The molecule has 1 atom stereocenters. The van der Waals surface area contributed by atoms with Gasteiger partial charge in [-0.25, -0.2) is 0 Å². The molecule has 0 aromatic heterocycles. The minimum absolute atomic E-state index is 0.305. The first-order chi connectivity index (χ1) is 6.45. The van der Waals surface area contributed by atoms with Gasteiger partial charge in [0, 0.05) is 6.61 Å². The maximum Gasteiger partial charge on any atom is 0.244 e. The highest BCUT2D eigenvalue weighted by Gasteiger charge is 2.18. The lowest BCUT2D eigenvalue weighted by atomic mass is 10.3. The summed E-state index contributed by atoms with van der Waals surface area (Å²) in [5.41, 5.74) is 0. The molecule has 0 bridgehead atoms. The Morgan fingerprint density at radius 2 is 2.15 bits per heavy atom. The van der Waals surface area contributed by atoms with Gasteiger partial charge in [0.15, 0.2) is 9.28 Å². The van der Waals surface area contributed by atoms with E-state index in [4.69, 9.17) is 8.85 Å². The lowest BCUT2D eigenvalue weighted by Gasteiger charge is -2.21. The molecule has 0 N–H and O–H groups in total. The Labute approximate surface area is 82.3 Å². The number of hydrogen-bond donors (Lipinski definition) is 0. The molecule has 0 saturated carbocycles. The van der Waals surface area contributed by atoms with Crippen molar-refractivity contribution < 1.29 is 8.85 Å². The van der Waals surface area contributed by atoms with Gasteiger partial charge in [0.2, 0.25) is 8.56 Å². The van der Waals surface area contributed by atoms with Gasteiger partial charge in [-0.2, -0.15) is 0 Å². The monoisotopic (exact) mass is 210 g/mol. The van der Waals surface area contributed by atoms with E-state index in [2.05, 4.69) is 0 Å². The van der Waals surface area contributed by atoms with Gasteiger partial charge >= 0.3 is 0 Å². The molecule has 0 spiro atoms. The van der Waals surface area contributed by atoms with Crippen LogP contribution in [0.15, 0.2) is 30.3 Å². The van der Waals surface area contributed by atoms with E-state index in [1.807, 2.05) is 30.3 Å². The normalized spacial score (nSPS) is 24.5. The number of hydrogen-bond acceptors (Lipinski definition) is 2. The van der Waals surface area contributed by atoms with E-state index >= 15 is 0 Å². The summed E-state index contributed by atoms with van der Waals surface area (Å²) in [5.74, 6) is 1.04. The van der Waals surface area contributed by atoms with Crippen molar-refractivity contribution in [1.82, 2.24) is 0 Å². The van der Waals surface area contributed by atoms with Gasteiger partial charge < -0.3 is 8.85 Å². The van der Waals surface area contributed by atoms with E-state index < -0.39 is 8.56 Å². The van der Waals surface area contributed by atoms with E-state index in [0.29, 0.717) is 0 Å². The molecule has 1 heterocycles. The fraction of sp³-hybridized carbons (Fsp3) is 0.333. The molecule has 70 valence electrons. The lowest BCUT2D eigenvalue weighted by molar-refractivity contribution is 0.327. The van der Waals surface area contributed by atoms with Crippen LogP contribution in [0.5, 0.6) is 5.75 Å². The zero-order chi connectivity index (χ0) is 8.93. The average molecular weight is 210 g/mol. The first kappa shape index (κ1) is 8.99. The van der Waals surface area contributed by atoms with Gasteiger partial charge in [-0.15, -0.1) is 0 Å². The fourth-order valence-electron chi connectivity index (χ4n) is 1.50. The van der Waals surface area contributed by atoms with Crippen LogP contribution < -0.4 is 4.43 Å². The predicted octanol–water partition coefficient (Wildman–Crippen LogP) is 0.790. The summed E-state index contributed by atoms with van der Waals surface area (Å²) in [6.07, 6.45) is 1.21. The van der Waals surface area contributed by atoms with Crippen molar-refractivity contribution >= 4 is 17.8 Å². The van der Waals surface area contributed by atoms with E-state index in [9.17, 15) is 0 Å². The highest BCUT2D eigenvalue weighted by Crippen LogP contribution is 2.13. The van der Waals surface area contributed by atoms with Crippen molar-refractivity contribution in [1.29, 1.82) is 0 Å². The van der Waals surface area contributed by atoms with Gasteiger partial charge in [-0.3, -0.25) is 0 Å². The third-order valence-electron chi connectivity index (χ3n) is 2.16. The summed E-state index contributed by atoms with van der Waals surface area (Å²) in [4.78, 5) is 0. The van der Waals surface area contributed by atoms with Crippen LogP contribution >= 0.6 is 0 Å². The molecule has 13 heavy (non-hydrogen) atoms. The molecule has 1 aliphatic heterocycles. The zero-order valence-corrected chi connectivity index (χ0v) is 10.2. The maximum absolute atomic E-state index is 5.93. The van der Waals surface area contributed by atoms with Gasteiger partial charge in [0.25, 0.3) is 0 Å². The standard InChI is InChI=1S/C9H14O2Si2/c1-2-5-9(6-3-1)11-13-8-4-7-10-12-13/h1-3,5-6,13H,4,7-8,12H2. The second kappa shape index (κ2) is 4.59. The third-order valence-corrected chi connectivity index (χ3v) is 8.27. The molecule has 1 aromatic rings. The molecule has 2 nitrogen and oxygen atoms in total. The Kier molecular flexibility index (Phi) is 3.18. The Hall–Kier alpha value is -0.586. The Balaban J connectivity index is 1.90. The van der Waals surface area contributed by atoms with E-state index in [1.165, 1.54) is 12.5 Å². The lowest BCUT2D eigenvalue weighted by Crippen LogP contribution is -2.35. The van der Waals surface area contributed by atoms with Gasteiger partial charge in [0.05, 0.1) is 0 Å². The summed E-state index contributed by atoms with van der Waals surface area (Å²) in [7, 11) is -1.24. The molecule has 4 heteroatoms. The zero-order valence-electron chi connectivity index (χ0n) is 7.61. The SMILES string of the molecule is c1ccc(O[SiH]2CCCO[SiH2]2)cc1. The summed E-state index contributed by atoms with van der Waals surface area (Å²) in [5, 5.41) is 0. The summed E-state index contributed by atoms with van der Waals surface area (Å²) in [6, 6.07) is 11.4. The number of rotatable bonds is 2. The topological polar surface area (TPSA) is 18.5 Å². The fourth-order valence-corrected chi connectivity index (χ4v) is 7.08. The van der Waals surface area contributed by atoms with Crippen LogP contribution in [0.2, 0.25) is 6.04 Å². The van der Waals surface area contributed by atoms with Crippen molar-refractivity contribution in [3.05, 3.63) is 30.3 Å². The first-order valence-corrected chi connectivity index (χ1v) is 9.88. The molecule has 1 saturated heterocycles. The molecule has 0 aliphatic carbocycles. The van der Waals surface area contributed by atoms with Gasteiger partial charge in [-0.1, -0.05) is 18.2 Å². The minimum atomic E-state index is -0.936. The van der Waals surface area contributed by atoms with E-state index in [1.54, 1.807) is 0 Å². The molecule has 1 aromatic carbocycles. The van der Waals surface area contributed by atoms with Crippen molar-refractivity contribution in [3.63, 3.8) is 0 Å². The van der Waals surface area contributed by atoms with Crippen molar-refractivity contribution in [2.24, 2.45) is 0 Å². The van der Waals surface area contributed by atoms with Crippen LogP contribution in [0.1, 0.15) is 6.42 Å². The van der Waals surface area contributed by atoms with Crippen LogP contribution in [0.3, 0.4) is 0 Å². The molecule has 0 amide bonds. The highest BCUT2D eigenvalue weighted by molar-refractivity contribution is 7.06.